The van der Waals surface area contributed by atoms with Crippen LogP contribution in [0.3, 0.4) is 0 Å². The van der Waals surface area contributed by atoms with Crippen LogP contribution in [0.5, 0.6) is 0 Å². The summed E-state index contributed by atoms with van der Waals surface area (Å²) in [5.74, 6) is 0.00798. The normalized spacial score (nSPS) is 24.4. The van der Waals surface area contributed by atoms with E-state index in [0.29, 0.717) is 16.4 Å². The zero-order valence-corrected chi connectivity index (χ0v) is 11.5. The van der Waals surface area contributed by atoms with Crippen molar-refractivity contribution in [2.75, 3.05) is 0 Å². The van der Waals surface area contributed by atoms with Crippen molar-refractivity contribution in [2.45, 2.75) is 43.5 Å². The maximum atomic E-state index is 12.1. The van der Waals surface area contributed by atoms with E-state index in [1.807, 2.05) is 13.0 Å². The Labute approximate surface area is 110 Å². The molecule has 0 unspecified atom stereocenters. The Balaban J connectivity index is 1.96. The van der Waals surface area contributed by atoms with Crippen molar-refractivity contribution >= 4 is 21.8 Å². The minimum Gasteiger partial charge on any atom is -0.349 e. The van der Waals surface area contributed by atoms with Gasteiger partial charge in [-0.25, -0.2) is 0 Å². The summed E-state index contributed by atoms with van der Waals surface area (Å²) in [5.41, 5.74) is 1.48. The molecule has 1 aromatic heterocycles. The van der Waals surface area contributed by atoms with Gasteiger partial charge in [-0.1, -0.05) is 15.9 Å². The molecule has 0 saturated heterocycles. The molecule has 1 aromatic rings. The maximum Gasteiger partial charge on any atom is 0.253 e. The van der Waals surface area contributed by atoms with E-state index in [0.717, 1.165) is 31.4 Å². The van der Waals surface area contributed by atoms with Crippen LogP contribution in [-0.4, -0.2) is 21.8 Å². The molecule has 1 aliphatic rings. The summed E-state index contributed by atoms with van der Waals surface area (Å²) < 4.78 is 0. The third-order valence-electron chi connectivity index (χ3n) is 3.24. The monoisotopic (exact) mass is 296 g/mol. The first-order valence-electron chi connectivity index (χ1n) is 6.03. The Morgan fingerprint density at radius 2 is 2.12 bits per heavy atom. The third kappa shape index (κ3) is 3.28. The van der Waals surface area contributed by atoms with E-state index in [9.17, 15) is 4.79 Å². The van der Waals surface area contributed by atoms with Gasteiger partial charge in [-0.3, -0.25) is 9.78 Å². The summed E-state index contributed by atoms with van der Waals surface area (Å²) in [6.07, 6.45) is 6.10. The fourth-order valence-corrected chi connectivity index (χ4v) is 2.71. The summed E-state index contributed by atoms with van der Waals surface area (Å²) in [6, 6.07) is 3.95. The molecular formula is C13H17BrN2O. The Hall–Kier alpha value is -0.900. The van der Waals surface area contributed by atoms with E-state index in [-0.39, 0.29) is 5.91 Å². The summed E-state index contributed by atoms with van der Waals surface area (Å²) in [5, 5.41) is 3.10. The minimum atomic E-state index is 0.00798. The van der Waals surface area contributed by atoms with Gasteiger partial charge < -0.3 is 5.32 Å². The van der Waals surface area contributed by atoms with Crippen molar-refractivity contribution in [1.82, 2.24) is 10.3 Å². The number of pyridine rings is 1. The molecule has 92 valence electrons. The number of amides is 1. The van der Waals surface area contributed by atoms with E-state index in [1.54, 1.807) is 12.3 Å². The first-order chi connectivity index (χ1) is 8.16. The Bertz CT molecular complexity index is 400. The predicted octanol–water partition coefficient (Wildman–Crippen LogP) is 2.83. The highest BCUT2D eigenvalue weighted by Gasteiger charge is 2.21. The molecular weight excluding hydrogens is 280 g/mol. The van der Waals surface area contributed by atoms with E-state index >= 15 is 0 Å². The highest BCUT2D eigenvalue weighted by atomic mass is 79.9. The van der Waals surface area contributed by atoms with Crippen LogP contribution in [0.25, 0.3) is 0 Å². The number of hydrogen-bond donors (Lipinski definition) is 1. The zero-order chi connectivity index (χ0) is 12.3. The molecule has 1 saturated carbocycles. The van der Waals surface area contributed by atoms with Crippen LogP contribution in [-0.2, 0) is 0 Å². The second-order valence-electron chi connectivity index (χ2n) is 4.56. The molecule has 0 aliphatic heterocycles. The Morgan fingerprint density at radius 1 is 1.41 bits per heavy atom. The van der Waals surface area contributed by atoms with Crippen molar-refractivity contribution in [3.63, 3.8) is 0 Å². The fourth-order valence-electron chi connectivity index (χ4n) is 2.18. The summed E-state index contributed by atoms with van der Waals surface area (Å²) in [6.45, 7) is 1.87. The van der Waals surface area contributed by atoms with E-state index < -0.39 is 0 Å². The fraction of sp³-hybridized carbons (Fsp3) is 0.538. The van der Waals surface area contributed by atoms with E-state index in [4.69, 9.17) is 0 Å². The van der Waals surface area contributed by atoms with Crippen molar-refractivity contribution in [3.8, 4) is 0 Å². The zero-order valence-electron chi connectivity index (χ0n) is 9.95. The molecule has 2 rings (SSSR count). The van der Waals surface area contributed by atoms with Gasteiger partial charge in [-0.05, 0) is 44.7 Å². The largest absolute Gasteiger partial charge is 0.349 e. The smallest absolute Gasteiger partial charge is 0.253 e. The SMILES string of the molecule is Cc1ncccc1C(=O)NC1CCC(Br)CC1. The number of hydrogen-bond acceptors (Lipinski definition) is 2. The second-order valence-corrected chi connectivity index (χ2v) is 5.85. The lowest BCUT2D eigenvalue weighted by molar-refractivity contribution is 0.0927. The lowest BCUT2D eigenvalue weighted by Gasteiger charge is -2.26. The van der Waals surface area contributed by atoms with Crippen LogP contribution < -0.4 is 5.32 Å². The number of rotatable bonds is 2. The van der Waals surface area contributed by atoms with Crippen LogP contribution >= 0.6 is 15.9 Å². The van der Waals surface area contributed by atoms with Crippen LogP contribution in [0.4, 0.5) is 0 Å². The van der Waals surface area contributed by atoms with Gasteiger partial charge in [0.25, 0.3) is 5.91 Å². The molecule has 1 heterocycles. The van der Waals surface area contributed by atoms with Gasteiger partial charge >= 0.3 is 0 Å². The summed E-state index contributed by atoms with van der Waals surface area (Å²) in [4.78, 5) is 16.8. The standard InChI is InChI=1S/C13H17BrN2O/c1-9-12(3-2-8-15-9)13(17)16-11-6-4-10(14)5-7-11/h2-3,8,10-11H,4-7H2,1H3,(H,16,17). The topological polar surface area (TPSA) is 42.0 Å². The molecule has 0 spiro atoms. The van der Waals surface area contributed by atoms with Gasteiger partial charge in [-0.15, -0.1) is 0 Å². The van der Waals surface area contributed by atoms with E-state index in [2.05, 4.69) is 26.2 Å². The number of carbonyl (C=O) groups is 1. The van der Waals surface area contributed by atoms with Crippen LogP contribution in [0.1, 0.15) is 41.7 Å². The number of carbonyl (C=O) groups excluding carboxylic acids is 1. The molecule has 1 aliphatic carbocycles. The van der Waals surface area contributed by atoms with Gasteiger partial charge in [0.05, 0.1) is 5.56 Å². The summed E-state index contributed by atoms with van der Waals surface area (Å²) in [7, 11) is 0. The molecule has 0 atom stereocenters. The first kappa shape index (κ1) is 12.6. The average Bonchev–Trinajstić information content (AvgIpc) is 2.32. The van der Waals surface area contributed by atoms with Gasteiger partial charge in [0, 0.05) is 22.8 Å². The van der Waals surface area contributed by atoms with Crippen molar-refractivity contribution in [3.05, 3.63) is 29.6 Å². The predicted molar refractivity (Wildman–Crippen MR) is 71.4 cm³/mol. The van der Waals surface area contributed by atoms with E-state index in [1.165, 1.54) is 0 Å². The number of halogens is 1. The lowest BCUT2D eigenvalue weighted by atomic mass is 9.95. The van der Waals surface area contributed by atoms with Crippen molar-refractivity contribution in [2.24, 2.45) is 0 Å². The number of nitrogens with zero attached hydrogens (tertiary/aromatic N) is 1. The van der Waals surface area contributed by atoms with Gasteiger partial charge in [0.15, 0.2) is 0 Å². The van der Waals surface area contributed by atoms with Crippen molar-refractivity contribution in [1.29, 1.82) is 0 Å². The van der Waals surface area contributed by atoms with Crippen molar-refractivity contribution < 1.29 is 4.79 Å². The summed E-state index contributed by atoms with van der Waals surface area (Å²) >= 11 is 3.62. The molecule has 17 heavy (non-hydrogen) atoms. The highest BCUT2D eigenvalue weighted by molar-refractivity contribution is 9.09. The van der Waals surface area contributed by atoms with Gasteiger partial charge in [0.1, 0.15) is 0 Å². The number of aryl methyl sites for hydroxylation is 1. The third-order valence-corrected chi connectivity index (χ3v) is 4.16. The number of alkyl halides is 1. The Kier molecular flexibility index (Phi) is 4.15. The van der Waals surface area contributed by atoms with Gasteiger partial charge in [0.2, 0.25) is 0 Å². The Morgan fingerprint density at radius 3 is 2.76 bits per heavy atom. The van der Waals surface area contributed by atoms with Crippen LogP contribution in [0.15, 0.2) is 18.3 Å². The number of aromatic nitrogens is 1. The molecule has 1 fully saturated rings. The second kappa shape index (κ2) is 5.63. The minimum absolute atomic E-state index is 0.00798. The highest BCUT2D eigenvalue weighted by Crippen LogP contribution is 2.24. The lowest BCUT2D eigenvalue weighted by Crippen LogP contribution is -2.38. The molecule has 4 heteroatoms. The van der Waals surface area contributed by atoms with Gasteiger partial charge in [-0.2, -0.15) is 0 Å². The quantitative estimate of drug-likeness (QED) is 0.853. The van der Waals surface area contributed by atoms with Crippen LogP contribution in [0.2, 0.25) is 0 Å². The molecule has 0 bridgehead atoms. The molecule has 3 nitrogen and oxygen atoms in total. The maximum absolute atomic E-state index is 12.1. The molecule has 0 aromatic carbocycles. The van der Waals surface area contributed by atoms with Crippen LogP contribution in [0, 0.1) is 6.92 Å². The first-order valence-corrected chi connectivity index (χ1v) is 6.95. The number of nitrogens with one attached hydrogen (secondary N) is 1. The average molecular weight is 297 g/mol. The molecule has 0 radical (unpaired) electrons. The molecule has 1 amide bonds. The molecule has 1 N–H and O–H groups in total.